The van der Waals surface area contributed by atoms with Crippen LogP contribution in [0, 0.1) is 5.92 Å². The Morgan fingerprint density at radius 3 is 2.50 bits per heavy atom. The highest BCUT2D eigenvalue weighted by molar-refractivity contribution is 9.10. The zero-order valence-electron chi connectivity index (χ0n) is 7.40. The first-order valence-electron chi connectivity index (χ1n) is 3.90. The molecule has 76 valence electrons. The molecular formula is C9H9BrO4. The van der Waals surface area contributed by atoms with E-state index in [2.05, 4.69) is 15.9 Å². The van der Waals surface area contributed by atoms with Crippen molar-refractivity contribution in [3.63, 3.8) is 0 Å². The van der Waals surface area contributed by atoms with Crippen LogP contribution in [0.3, 0.4) is 0 Å². The standard InChI is InChI=1S/C9H9BrO4/c1-9(10)3-2-5(7(11)12)4-6(9)8(13)14/h2-4,6H,1H3,(H,11,12)(H,13,14). The first-order valence-corrected chi connectivity index (χ1v) is 4.70. The van der Waals surface area contributed by atoms with Crippen molar-refractivity contribution in [2.45, 2.75) is 11.2 Å². The van der Waals surface area contributed by atoms with Crippen molar-refractivity contribution in [2.24, 2.45) is 5.92 Å². The Labute approximate surface area is 89.1 Å². The largest absolute Gasteiger partial charge is 0.481 e. The molecule has 0 fully saturated rings. The molecule has 2 N–H and O–H groups in total. The number of halogens is 1. The van der Waals surface area contributed by atoms with Crippen LogP contribution in [-0.4, -0.2) is 26.5 Å². The molecule has 0 radical (unpaired) electrons. The Kier molecular flexibility index (Phi) is 2.80. The van der Waals surface area contributed by atoms with Crippen molar-refractivity contribution < 1.29 is 19.8 Å². The van der Waals surface area contributed by atoms with Gasteiger partial charge in [-0.15, -0.1) is 0 Å². The molecule has 14 heavy (non-hydrogen) atoms. The number of allylic oxidation sites excluding steroid dienone is 1. The predicted molar refractivity (Wildman–Crippen MR) is 53.3 cm³/mol. The highest BCUT2D eigenvalue weighted by Crippen LogP contribution is 2.34. The van der Waals surface area contributed by atoms with Crippen LogP contribution in [0.1, 0.15) is 6.92 Å². The van der Waals surface area contributed by atoms with Gasteiger partial charge in [-0.2, -0.15) is 0 Å². The Hall–Kier alpha value is -1.10. The summed E-state index contributed by atoms with van der Waals surface area (Å²) in [4.78, 5) is 21.4. The number of hydrogen-bond acceptors (Lipinski definition) is 2. The monoisotopic (exact) mass is 260 g/mol. The van der Waals surface area contributed by atoms with Crippen LogP contribution >= 0.6 is 15.9 Å². The molecule has 0 saturated heterocycles. The third-order valence-electron chi connectivity index (χ3n) is 2.06. The number of carbonyl (C=O) groups is 2. The molecule has 0 heterocycles. The van der Waals surface area contributed by atoms with Crippen LogP contribution in [0.15, 0.2) is 23.8 Å². The molecule has 0 amide bonds. The van der Waals surface area contributed by atoms with Crippen LogP contribution < -0.4 is 0 Å². The molecule has 2 atom stereocenters. The maximum Gasteiger partial charge on any atom is 0.335 e. The highest BCUT2D eigenvalue weighted by Gasteiger charge is 2.36. The smallest absolute Gasteiger partial charge is 0.335 e. The number of alkyl halides is 1. The van der Waals surface area contributed by atoms with Gasteiger partial charge in [-0.3, -0.25) is 4.79 Å². The lowest BCUT2D eigenvalue weighted by atomic mass is 9.87. The zero-order chi connectivity index (χ0) is 10.9. The van der Waals surface area contributed by atoms with Gasteiger partial charge in [0.25, 0.3) is 0 Å². The Bertz CT molecular complexity index is 341. The van der Waals surface area contributed by atoms with E-state index in [1.54, 1.807) is 6.92 Å². The molecule has 0 aromatic carbocycles. The van der Waals surface area contributed by atoms with Crippen molar-refractivity contribution in [2.75, 3.05) is 0 Å². The van der Waals surface area contributed by atoms with Gasteiger partial charge >= 0.3 is 11.9 Å². The molecule has 0 aromatic heterocycles. The fourth-order valence-corrected chi connectivity index (χ4v) is 1.67. The number of carboxylic acids is 2. The Morgan fingerprint density at radius 2 is 2.07 bits per heavy atom. The summed E-state index contributed by atoms with van der Waals surface area (Å²) in [6.45, 7) is 1.68. The lowest BCUT2D eigenvalue weighted by Crippen LogP contribution is -2.33. The summed E-state index contributed by atoms with van der Waals surface area (Å²) in [5.41, 5.74) is 0.00863. The summed E-state index contributed by atoms with van der Waals surface area (Å²) < 4.78 is -0.724. The van der Waals surface area contributed by atoms with Crippen LogP contribution in [0.4, 0.5) is 0 Å². The third-order valence-corrected chi connectivity index (χ3v) is 2.81. The van der Waals surface area contributed by atoms with E-state index in [0.29, 0.717) is 0 Å². The van der Waals surface area contributed by atoms with Gasteiger partial charge in [-0.1, -0.05) is 34.2 Å². The minimum Gasteiger partial charge on any atom is -0.481 e. The third kappa shape index (κ3) is 2.04. The number of hydrogen-bond donors (Lipinski definition) is 2. The van der Waals surface area contributed by atoms with Crippen LogP contribution in [-0.2, 0) is 9.59 Å². The number of rotatable bonds is 2. The fourth-order valence-electron chi connectivity index (χ4n) is 1.21. The highest BCUT2D eigenvalue weighted by atomic mass is 79.9. The second-order valence-electron chi connectivity index (χ2n) is 3.23. The van der Waals surface area contributed by atoms with Crippen molar-refractivity contribution in [3.05, 3.63) is 23.8 Å². The quantitative estimate of drug-likeness (QED) is 0.737. The summed E-state index contributed by atoms with van der Waals surface area (Å²) >= 11 is 3.23. The summed E-state index contributed by atoms with van der Waals surface area (Å²) in [5.74, 6) is -3.03. The summed E-state index contributed by atoms with van der Waals surface area (Å²) in [6.07, 6.45) is 4.17. The van der Waals surface area contributed by atoms with Gasteiger partial charge in [0, 0.05) is 0 Å². The number of carboxylic acid groups (broad SMARTS) is 2. The maximum absolute atomic E-state index is 10.8. The molecule has 1 aliphatic rings. The fraction of sp³-hybridized carbons (Fsp3) is 0.333. The van der Waals surface area contributed by atoms with Gasteiger partial charge < -0.3 is 10.2 Å². The molecule has 0 aromatic rings. The summed E-state index contributed by atoms with van der Waals surface area (Å²) in [7, 11) is 0. The second-order valence-corrected chi connectivity index (χ2v) is 4.94. The second kappa shape index (κ2) is 3.57. The van der Waals surface area contributed by atoms with E-state index in [-0.39, 0.29) is 5.57 Å². The minimum absolute atomic E-state index is 0.00863. The van der Waals surface area contributed by atoms with Crippen LogP contribution in [0.25, 0.3) is 0 Å². The van der Waals surface area contributed by atoms with Gasteiger partial charge in [0.2, 0.25) is 0 Å². The molecule has 2 unspecified atom stereocenters. The summed E-state index contributed by atoms with van der Waals surface area (Å²) in [6, 6.07) is 0. The van der Waals surface area contributed by atoms with E-state index in [9.17, 15) is 9.59 Å². The van der Waals surface area contributed by atoms with Crippen molar-refractivity contribution >= 4 is 27.9 Å². The van der Waals surface area contributed by atoms with Gasteiger partial charge in [0.15, 0.2) is 0 Å². The summed E-state index contributed by atoms with van der Waals surface area (Å²) in [5, 5.41) is 17.6. The lowest BCUT2D eigenvalue weighted by Gasteiger charge is -2.26. The molecule has 1 rings (SSSR count). The Balaban J connectivity index is 3.07. The SMILES string of the molecule is CC1(Br)C=CC(C(=O)O)=CC1C(=O)O. The van der Waals surface area contributed by atoms with Gasteiger partial charge in [0.05, 0.1) is 15.8 Å². The van der Waals surface area contributed by atoms with Crippen molar-refractivity contribution in [1.82, 2.24) is 0 Å². The zero-order valence-corrected chi connectivity index (χ0v) is 8.98. The predicted octanol–water partition coefficient (Wildman–Crippen LogP) is 1.42. The minimum atomic E-state index is -1.12. The van der Waals surface area contributed by atoms with E-state index >= 15 is 0 Å². The molecule has 1 aliphatic carbocycles. The Morgan fingerprint density at radius 1 is 1.50 bits per heavy atom. The molecular weight excluding hydrogens is 252 g/mol. The molecule has 4 nitrogen and oxygen atoms in total. The van der Waals surface area contributed by atoms with E-state index in [1.807, 2.05) is 0 Å². The van der Waals surface area contributed by atoms with Crippen molar-refractivity contribution in [3.8, 4) is 0 Å². The lowest BCUT2D eigenvalue weighted by molar-refractivity contribution is -0.140. The van der Waals surface area contributed by atoms with E-state index in [0.717, 1.165) is 0 Å². The van der Waals surface area contributed by atoms with Gasteiger partial charge in [0.1, 0.15) is 0 Å². The first-order chi connectivity index (χ1) is 6.34. The average molecular weight is 261 g/mol. The average Bonchev–Trinajstić information content (AvgIpc) is 2.02. The maximum atomic E-state index is 10.8. The molecule has 5 heteroatoms. The molecule has 0 aliphatic heterocycles. The van der Waals surface area contributed by atoms with E-state index in [1.165, 1.54) is 18.2 Å². The van der Waals surface area contributed by atoms with E-state index < -0.39 is 22.2 Å². The topological polar surface area (TPSA) is 74.6 Å². The van der Waals surface area contributed by atoms with Crippen molar-refractivity contribution in [1.29, 1.82) is 0 Å². The normalized spacial score (nSPS) is 31.0. The number of aliphatic carboxylic acids is 2. The van der Waals surface area contributed by atoms with Crippen LogP contribution in [0.5, 0.6) is 0 Å². The molecule has 0 saturated carbocycles. The van der Waals surface area contributed by atoms with E-state index in [4.69, 9.17) is 10.2 Å². The molecule has 0 bridgehead atoms. The van der Waals surface area contributed by atoms with Crippen LogP contribution in [0.2, 0.25) is 0 Å². The van der Waals surface area contributed by atoms with Gasteiger partial charge in [-0.05, 0) is 6.92 Å². The molecule has 0 spiro atoms. The first kappa shape index (κ1) is 11.0. The van der Waals surface area contributed by atoms with Gasteiger partial charge in [-0.25, -0.2) is 4.79 Å².